The molecule has 0 amide bonds. The second-order valence-electron chi connectivity index (χ2n) is 22.1. The van der Waals surface area contributed by atoms with Crippen molar-refractivity contribution in [3.05, 3.63) is 95.0 Å². The number of aryl methyl sites for hydroxylation is 3. The molecule has 4 aliphatic carbocycles. The number of aromatic nitrogens is 12. The van der Waals surface area contributed by atoms with Crippen molar-refractivity contribution in [2.45, 2.75) is 146 Å². The van der Waals surface area contributed by atoms with Crippen LogP contribution in [-0.2, 0) is 82.6 Å². The molecule has 11 N–H and O–H groups in total. The molecule has 8 heterocycles. The predicted octanol–water partition coefficient (Wildman–Crippen LogP) is 6.28. The smallest absolute Gasteiger partial charge is 0.333 e. The molecule has 8 aromatic heterocycles. The number of nitrogens with one attached hydrogen (secondary N) is 4. The van der Waals surface area contributed by atoms with E-state index in [0.717, 1.165) is 51.5 Å². The number of fused-ring (bicyclic) bond motifs is 4. The van der Waals surface area contributed by atoms with Gasteiger partial charge in [-0.25, -0.2) is 25.1 Å². The van der Waals surface area contributed by atoms with Crippen molar-refractivity contribution in [2.24, 2.45) is 28.8 Å². The number of hydrogen-bond acceptors (Lipinski definition) is 26. The van der Waals surface area contributed by atoms with Gasteiger partial charge in [0, 0.05) is 162 Å². The Morgan fingerprint density at radius 1 is 0.521 bits per heavy atom. The van der Waals surface area contributed by atoms with Gasteiger partial charge >= 0.3 is 10.3 Å². The third kappa shape index (κ3) is 20.5. The Morgan fingerprint density at radius 2 is 0.812 bits per heavy atom. The van der Waals surface area contributed by atoms with E-state index in [9.17, 15) is 47.6 Å². The van der Waals surface area contributed by atoms with Gasteiger partial charge in [0.05, 0.1) is 89.2 Å². The summed E-state index contributed by atoms with van der Waals surface area (Å²) in [6.07, 6.45) is 6.07. The number of aliphatic hydroxyl groups is 5. The largest absolute Gasteiger partial charge is 0.396 e. The zero-order chi connectivity index (χ0) is 68.6. The first-order valence-corrected chi connectivity index (χ1v) is 36.5. The number of nitrogens with zero attached hydrogens (tertiary/aromatic N) is 12. The van der Waals surface area contributed by atoms with Gasteiger partial charge < -0.3 is 60.4 Å². The van der Waals surface area contributed by atoms with E-state index >= 15 is 0 Å². The van der Waals surface area contributed by atoms with Crippen LogP contribution in [0.1, 0.15) is 70.5 Å². The SMILES string of the molecule is CC.CC.Cc1cc2nccc(N[C@@H]3C[C@H](CO)[C@@H](P=O)[C@H]3OP)n2n1.Cc1cc2nccc(N[C@@H]3C[C@H](CO)[C@@H](P=O)[C@H]3OP)n2n1.Cc1cc2nccc(N[C@@H]3C[C@H](COS(N)(=O)=O)[C@@H](O)[C@H]3O)n2n1.O=P[C@@H]1[C@@H](CO)C[C@@H](Nc2ccnc3cc(Br)nn23)[C@@H]1OP.[Pd].[Pd]. The minimum Gasteiger partial charge on any atom is -0.396 e. The number of halogens is 1. The van der Waals surface area contributed by atoms with E-state index in [-0.39, 0.29) is 164 Å². The van der Waals surface area contributed by atoms with Gasteiger partial charge in [-0.05, 0) is 86.6 Å². The van der Waals surface area contributed by atoms with E-state index < -0.39 is 34.5 Å². The molecule has 12 rings (SSSR count). The molecule has 41 heteroatoms. The molecule has 534 valence electrons. The van der Waals surface area contributed by atoms with Gasteiger partial charge in [0.15, 0.2) is 48.0 Å². The Labute approximate surface area is 603 Å². The average molecular weight is 1720 g/mol. The van der Waals surface area contributed by atoms with Crippen LogP contribution >= 0.6 is 69.7 Å². The molecule has 3 unspecified atom stereocenters. The first-order chi connectivity index (χ1) is 45.3. The zero-order valence-electron chi connectivity index (χ0n) is 53.2. The van der Waals surface area contributed by atoms with Gasteiger partial charge in [-0.1, -0.05) is 27.7 Å². The van der Waals surface area contributed by atoms with Crippen molar-refractivity contribution in [3.8, 4) is 0 Å². The van der Waals surface area contributed by atoms with Crippen LogP contribution in [0.2, 0.25) is 0 Å². The quantitative estimate of drug-likeness (QED) is 0.0296. The van der Waals surface area contributed by atoms with Crippen LogP contribution in [0.25, 0.3) is 22.6 Å². The summed E-state index contributed by atoms with van der Waals surface area (Å²) in [6.45, 7) is 13.4. The Balaban J connectivity index is 0.000000226. The van der Waals surface area contributed by atoms with E-state index in [1.165, 1.54) is 0 Å². The van der Waals surface area contributed by atoms with E-state index in [2.05, 4.69) is 110 Å². The number of anilines is 4. The fourth-order valence-corrected chi connectivity index (χ4v) is 16.5. The monoisotopic (exact) mass is 1710 g/mol. The van der Waals surface area contributed by atoms with Crippen molar-refractivity contribution >= 4 is 126 Å². The van der Waals surface area contributed by atoms with Crippen molar-refractivity contribution in [3.63, 3.8) is 0 Å². The molecule has 0 saturated heterocycles. The standard InChI is InChI=1S/C13H19N5O5S.2C13H18N4O3P2.C12H15BrN4O3P2.2C2H6.2Pd/c1-7-4-11-15-3-2-10(18(11)17-7)16-9-5-8(12(19)13(9)20)6-23-24(14,21)22;2*1-7-4-11-14-3-2-10(17(11)16-7)15-9-5-8(6-18)13(22-19)12(9)20-21;13-8-4-10-14-2-1-9(17(10)16-8)15-7-3-6(5-18)12(22-19)11(7)20-21;2*1-2;;/h2-4,8-9,12-13,16,19-20H,5-6H2,1H3,(H2,14,21,22);2*2-4,8-9,12-13,15,18H,5-6,21H2,1H3;1-2,4,6-7,11-12,15,18H,3,5,21H2;2*1-2H3;;/t8-,9-,12-,13+;2*8-,9-,12+,13-;6-,7-,11+,12-;;;;/m1111..../s1. The molecule has 4 aliphatic rings. The van der Waals surface area contributed by atoms with Crippen molar-refractivity contribution in [2.75, 3.05) is 47.7 Å². The van der Waals surface area contributed by atoms with Crippen LogP contribution in [0.4, 0.5) is 23.3 Å². The average Bonchev–Trinajstić information content (AvgIpc) is 1.65. The van der Waals surface area contributed by atoms with Gasteiger partial charge in [-0.15, -0.1) is 0 Å². The molecule has 0 radical (unpaired) electrons. The van der Waals surface area contributed by atoms with Crippen molar-refractivity contribution in [1.82, 2.24) is 58.4 Å². The Bertz CT molecular complexity index is 3610. The van der Waals surface area contributed by atoms with Crippen LogP contribution < -0.4 is 26.4 Å². The van der Waals surface area contributed by atoms with Crippen LogP contribution in [0.5, 0.6) is 0 Å². The fourth-order valence-electron chi connectivity index (χ4n) is 12.0. The van der Waals surface area contributed by atoms with Crippen LogP contribution in [-0.4, -0.2) is 190 Å². The molecular formula is C55H82BrN17O14P6Pd2S. The third-order valence-electron chi connectivity index (χ3n) is 16.2. The minimum atomic E-state index is -4.09. The summed E-state index contributed by atoms with van der Waals surface area (Å²) in [5.41, 5.74) is 4.78. The van der Waals surface area contributed by atoms with Crippen LogP contribution in [0.15, 0.2) is 77.9 Å². The maximum absolute atomic E-state index is 11.4. The van der Waals surface area contributed by atoms with E-state index in [0.29, 0.717) is 41.8 Å². The summed E-state index contributed by atoms with van der Waals surface area (Å²) in [7, 11) is 2.59. The summed E-state index contributed by atoms with van der Waals surface area (Å²) in [5, 5.41) is 84.3. The molecule has 4 saturated carbocycles. The topological polar surface area (TPSA) is 418 Å². The summed E-state index contributed by atoms with van der Waals surface area (Å²) in [4.78, 5) is 17.0. The van der Waals surface area contributed by atoms with Gasteiger partial charge in [0.2, 0.25) is 0 Å². The van der Waals surface area contributed by atoms with Gasteiger partial charge in [0.1, 0.15) is 34.0 Å². The minimum absolute atomic E-state index is 0. The van der Waals surface area contributed by atoms with Gasteiger partial charge in [0.25, 0.3) is 0 Å². The van der Waals surface area contributed by atoms with E-state index in [1.807, 2.05) is 90.9 Å². The Kier molecular flexibility index (Phi) is 34.5. The zero-order valence-corrected chi connectivity index (χ0v) is 64.8. The Hall–Kier alpha value is -3.38. The number of hydrogen-bond donors (Lipinski definition) is 10. The second kappa shape index (κ2) is 39.7. The van der Waals surface area contributed by atoms with E-state index in [1.54, 1.807) is 48.9 Å². The summed E-state index contributed by atoms with van der Waals surface area (Å²) in [6, 6.07) is 14.0. The molecule has 31 nitrogen and oxygen atoms in total. The predicted molar refractivity (Wildman–Crippen MR) is 369 cm³/mol. The maximum Gasteiger partial charge on any atom is 0.333 e. The van der Waals surface area contributed by atoms with E-state index in [4.69, 9.17) is 18.7 Å². The summed E-state index contributed by atoms with van der Waals surface area (Å²) >= 11 is 3.34. The molecular weight excluding hydrogens is 1630 g/mol. The molecule has 96 heavy (non-hydrogen) atoms. The summed E-state index contributed by atoms with van der Waals surface area (Å²) in [5.74, 6) is 2.24. The normalized spacial score (nSPS) is 26.6. The second-order valence-corrected chi connectivity index (χ2v) is 27.4. The maximum atomic E-state index is 11.4. The number of rotatable bonds is 20. The third-order valence-corrected chi connectivity index (χ3v) is 20.9. The number of aliphatic hydroxyl groups excluding tert-OH is 5. The molecule has 8 aromatic rings. The van der Waals surface area contributed by atoms with Crippen molar-refractivity contribution in [1.29, 1.82) is 0 Å². The van der Waals surface area contributed by atoms with Crippen LogP contribution in [0.3, 0.4) is 0 Å². The number of nitrogens with two attached hydrogens (primary N) is 1. The molecule has 0 spiro atoms. The van der Waals surface area contributed by atoms with Crippen LogP contribution in [0, 0.1) is 44.4 Å². The molecule has 0 aromatic carbocycles. The summed E-state index contributed by atoms with van der Waals surface area (Å²) < 4.78 is 84.3. The van der Waals surface area contributed by atoms with Crippen molar-refractivity contribution < 1.29 is 106 Å². The molecule has 19 atom stereocenters. The van der Waals surface area contributed by atoms with Gasteiger partial charge in [-0.2, -0.15) is 46.9 Å². The fraction of sp³-hybridized carbons (Fsp3) is 0.564. The molecule has 0 bridgehead atoms. The molecule has 0 aliphatic heterocycles. The first kappa shape index (κ1) is 83.3. The Morgan fingerprint density at radius 3 is 1.10 bits per heavy atom. The van der Waals surface area contributed by atoms with Gasteiger partial charge in [-0.3, -0.25) is 17.9 Å². The first-order valence-electron chi connectivity index (χ1n) is 30.2. The molecule has 4 fully saturated rings.